The van der Waals surface area contributed by atoms with Crippen molar-refractivity contribution in [2.75, 3.05) is 0 Å². The summed E-state index contributed by atoms with van der Waals surface area (Å²) in [4.78, 5) is 14.2. The summed E-state index contributed by atoms with van der Waals surface area (Å²) < 4.78 is 18.0. The van der Waals surface area contributed by atoms with Crippen molar-refractivity contribution in [1.82, 2.24) is 19.4 Å². The van der Waals surface area contributed by atoms with Crippen LogP contribution in [-0.4, -0.2) is 19.4 Å². The number of fused-ring (bicyclic) bond motifs is 10. The molecule has 0 saturated heterocycles. The summed E-state index contributed by atoms with van der Waals surface area (Å²) in [6, 6.07) is 42.7. The molecule has 4 heterocycles. The van der Waals surface area contributed by atoms with E-state index >= 15 is 4.57 Å². The van der Waals surface area contributed by atoms with E-state index in [-0.39, 0.29) is 0 Å². The zero-order valence-electron chi connectivity index (χ0n) is 22.9. The highest BCUT2D eigenvalue weighted by Gasteiger charge is 2.31. The van der Waals surface area contributed by atoms with E-state index in [9.17, 15) is 0 Å². The number of nitrogens with zero attached hydrogens (tertiary/aromatic N) is 4. The first-order valence-corrected chi connectivity index (χ1v) is 15.9. The molecule has 1 atom stereocenters. The van der Waals surface area contributed by atoms with Crippen molar-refractivity contribution in [3.8, 4) is 0 Å². The fraction of sp³-hybridized carbons (Fsp3) is 0. The van der Waals surface area contributed by atoms with Crippen molar-refractivity contribution in [3.63, 3.8) is 0 Å². The number of hydrogen-bond acceptors (Lipinski definition) is 4. The lowest BCUT2D eigenvalue weighted by Crippen LogP contribution is -2.25. The maximum absolute atomic E-state index is 15.8. The molecule has 5 aromatic carbocycles. The third-order valence-corrected chi connectivity index (χ3v) is 11.5. The summed E-state index contributed by atoms with van der Waals surface area (Å²) in [5, 5.41) is 7.62. The molecular formula is C37H23N4OP. The van der Waals surface area contributed by atoms with Gasteiger partial charge < -0.3 is 4.57 Å². The van der Waals surface area contributed by atoms with E-state index in [1.165, 1.54) is 5.39 Å². The molecule has 0 fully saturated rings. The molecule has 202 valence electrons. The molecule has 1 unspecified atom stereocenters. The maximum Gasteiger partial charge on any atom is 0.171 e. The molecule has 0 radical (unpaired) electrons. The van der Waals surface area contributed by atoms with E-state index in [2.05, 4.69) is 69.0 Å². The second-order valence-corrected chi connectivity index (χ2v) is 13.6. The van der Waals surface area contributed by atoms with Gasteiger partial charge in [0.25, 0.3) is 0 Å². The summed E-state index contributed by atoms with van der Waals surface area (Å²) in [5.41, 5.74) is 5.43. The topological polar surface area (TPSA) is 60.2 Å². The molecule has 9 rings (SSSR count). The molecule has 0 saturated carbocycles. The summed E-state index contributed by atoms with van der Waals surface area (Å²) in [6.07, 6.45) is 3.56. The van der Waals surface area contributed by atoms with Crippen molar-refractivity contribution < 1.29 is 4.57 Å². The van der Waals surface area contributed by atoms with E-state index in [1.807, 2.05) is 72.8 Å². The van der Waals surface area contributed by atoms with E-state index in [4.69, 9.17) is 4.98 Å². The number of aromatic nitrogens is 4. The quantitative estimate of drug-likeness (QED) is 0.163. The maximum atomic E-state index is 15.8. The fourth-order valence-corrected chi connectivity index (χ4v) is 9.13. The smallest absolute Gasteiger partial charge is 0.171 e. The Morgan fingerprint density at radius 3 is 2.00 bits per heavy atom. The molecule has 0 aliphatic carbocycles. The van der Waals surface area contributed by atoms with Crippen LogP contribution in [0.1, 0.15) is 0 Å². The SMILES string of the molecule is O=P(c1ccc2ncccc2c1)(c1ccc2cccnc2c1)c1ccc2nc3c4ccccc4c4ccccc4n3c2c1. The second kappa shape index (κ2) is 9.06. The zero-order valence-corrected chi connectivity index (χ0v) is 23.8. The normalized spacial score (nSPS) is 13.4. The van der Waals surface area contributed by atoms with Crippen molar-refractivity contribution in [2.24, 2.45) is 0 Å². The largest absolute Gasteiger partial charge is 0.309 e. The molecule has 0 bridgehead atoms. The number of hydrogen-bond donors (Lipinski definition) is 0. The Kier molecular flexibility index (Phi) is 5.11. The number of pyridine rings is 3. The Balaban J connectivity index is 1.38. The molecule has 6 heteroatoms. The van der Waals surface area contributed by atoms with Gasteiger partial charge in [0.2, 0.25) is 0 Å². The first-order valence-electron chi connectivity index (χ1n) is 14.2. The van der Waals surface area contributed by atoms with Gasteiger partial charge in [-0.2, -0.15) is 0 Å². The van der Waals surface area contributed by atoms with Gasteiger partial charge in [-0.05, 0) is 66.0 Å². The minimum absolute atomic E-state index is 0.741. The van der Waals surface area contributed by atoms with Crippen LogP contribution in [-0.2, 0) is 4.57 Å². The third-order valence-electron chi connectivity index (χ3n) is 8.51. The summed E-state index contributed by atoms with van der Waals surface area (Å²) in [6.45, 7) is 0. The highest BCUT2D eigenvalue weighted by atomic mass is 31.2. The monoisotopic (exact) mass is 570 g/mol. The van der Waals surface area contributed by atoms with E-state index in [1.54, 1.807) is 12.4 Å². The molecule has 0 amide bonds. The average Bonchev–Trinajstić information content (AvgIpc) is 3.47. The van der Waals surface area contributed by atoms with Crippen LogP contribution in [0.3, 0.4) is 0 Å². The minimum Gasteiger partial charge on any atom is -0.309 e. The van der Waals surface area contributed by atoms with Crippen molar-refractivity contribution >= 4 is 83.2 Å². The number of para-hydroxylation sites is 1. The van der Waals surface area contributed by atoms with Crippen LogP contribution in [0.25, 0.3) is 60.2 Å². The van der Waals surface area contributed by atoms with Crippen LogP contribution < -0.4 is 15.9 Å². The van der Waals surface area contributed by atoms with Crippen LogP contribution in [0.15, 0.2) is 140 Å². The Hall–Kier alpha value is -5.38. The minimum atomic E-state index is -3.36. The highest BCUT2D eigenvalue weighted by molar-refractivity contribution is 7.85. The average molecular weight is 571 g/mol. The summed E-state index contributed by atoms with van der Waals surface area (Å²) in [5.74, 6) is 0. The Labute approximate surface area is 246 Å². The third kappa shape index (κ3) is 3.52. The van der Waals surface area contributed by atoms with Gasteiger partial charge in [0.15, 0.2) is 7.14 Å². The number of rotatable bonds is 3. The van der Waals surface area contributed by atoms with Crippen molar-refractivity contribution in [2.45, 2.75) is 0 Å². The highest BCUT2D eigenvalue weighted by Crippen LogP contribution is 2.44. The lowest BCUT2D eigenvalue weighted by atomic mass is 10.1. The van der Waals surface area contributed by atoms with Gasteiger partial charge in [-0.1, -0.05) is 66.7 Å². The van der Waals surface area contributed by atoms with Gasteiger partial charge in [0.1, 0.15) is 5.65 Å². The van der Waals surface area contributed by atoms with Gasteiger partial charge in [-0.3, -0.25) is 14.4 Å². The summed E-state index contributed by atoms with van der Waals surface area (Å²) in [7, 11) is -3.36. The van der Waals surface area contributed by atoms with Crippen LogP contribution in [0.5, 0.6) is 0 Å². The first kappa shape index (κ1) is 24.2. The Morgan fingerprint density at radius 2 is 1.14 bits per heavy atom. The molecule has 43 heavy (non-hydrogen) atoms. The summed E-state index contributed by atoms with van der Waals surface area (Å²) >= 11 is 0. The van der Waals surface area contributed by atoms with Crippen molar-refractivity contribution in [3.05, 3.63) is 140 Å². The predicted octanol–water partition coefficient (Wildman–Crippen LogP) is 7.53. The Morgan fingerprint density at radius 1 is 0.488 bits per heavy atom. The van der Waals surface area contributed by atoms with E-state index in [0.29, 0.717) is 0 Å². The lowest BCUT2D eigenvalue weighted by Gasteiger charge is -2.21. The standard InChI is InChI=1S/C37H23N4OP/c42-43(26-15-17-32-25(21-26)8-6-19-38-32,27-14-13-24-7-5-20-39-34(24)22-27)28-16-18-33-36(23-28)41-35-12-4-3-10-30(35)29-9-1-2-11-31(29)37(41)40-33/h1-23H. The number of imidazole rings is 1. The molecule has 0 aliphatic heterocycles. The molecule has 5 nitrogen and oxygen atoms in total. The number of benzene rings is 5. The predicted molar refractivity (Wildman–Crippen MR) is 178 cm³/mol. The van der Waals surface area contributed by atoms with Crippen LogP contribution in [0.2, 0.25) is 0 Å². The van der Waals surface area contributed by atoms with Gasteiger partial charge in [0.05, 0.1) is 27.6 Å². The molecule has 0 spiro atoms. The fourth-order valence-electron chi connectivity index (χ4n) is 6.45. The molecule has 9 aromatic rings. The van der Waals surface area contributed by atoms with Gasteiger partial charge in [0, 0.05) is 49.9 Å². The molecular weight excluding hydrogens is 547 g/mol. The van der Waals surface area contributed by atoms with E-state index < -0.39 is 7.14 Å². The first-order chi connectivity index (χ1) is 21.2. The van der Waals surface area contributed by atoms with Gasteiger partial charge in [-0.15, -0.1) is 0 Å². The van der Waals surface area contributed by atoms with Gasteiger partial charge in [-0.25, -0.2) is 4.98 Å². The Bertz CT molecular complexity index is 2540. The zero-order chi connectivity index (χ0) is 28.5. The lowest BCUT2D eigenvalue weighted by molar-refractivity contribution is 0.592. The van der Waals surface area contributed by atoms with Gasteiger partial charge >= 0.3 is 0 Å². The van der Waals surface area contributed by atoms with E-state index in [0.717, 1.165) is 70.7 Å². The van der Waals surface area contributed by atoms with Crippen LogP contribution in [0, 0.1) is 0 Å². The van der Waals surface area contributed by atoms with Crippen LogP contribution in [0.4, 0.5) is 0 Å². The molecule has 4 aromatic heterocycles. The molecule has 0 aliphatic rings. The second-order valence-electron chi connectivity index (χ2n) is 10.9. The van der Waals surface area contributed by atoms with Crippen LogP contribution >= 0.6 is 7.14 Å². The van der Waals surface area contributed by atoms with Crippen molar-refractivity contribution in [1.29, 1.82) is 0 Å². The molecule has 0 N–H and O–H groups in total.